The number of carbonyl (C=O) groups is 1. The van der Waals surface area contributed by atoms with Crippen molar-refractivity contribution in [1.29, 1.82) is 0 Å². The minimum atomic E-state index is 0.0230. The fraction of sp³-hybridized carbons (Fsp3) is 0.625. The molecule has 1 fully saturated rings. The monoisotopic (exact) mass is 314 g/mol. The van der Waals surface area contributed by atoms with E-state index in [1.807, 2.05) is 15.5 Å². The number of aromatic amines is 1. The van der Waals surface area contributed by atoms with Gasteiger partial charge in [-0.3, -0.25) is 9.89 Å². The Hall–Kier alpha value is -2.18. The summed E-state index contributed by atoms with van der Waals surface area (Å²) in [6.07, 6.45) is 8.23. The number of aryl methyl sites for hydroxylation is 1. The van der Waals surface area contributed by atoms with E-state index < -0.39 is 0 Å². The fourth-order valence-electron chi connectivity index (χ4n) is 3.69. The zero-order valence-corrected chi connectivity index (χ0v) is 13.2. The van der Waals surface area contributed by atoms with Gasteiger partial charge in [0.1, 0.15) is 5.82 Å². The van der Waals surface area contributed by atoms with Crippen LogP contribution in [0.2, 0.25) is 0 Å². The smallest absolute Gasteiger partial charge is 0.291 e. The lowest BCUT2D eigenvalue weighted by Gasteiger charge is -2.32. The highest BCUT2D eigenvalue weighted by atomic mass is 16.2. The molecule has 1 N–H and O–H groups in total. The van der Waals surface area contributed by atoms with Gasteiger partial charge in [-0.2, -0.15) is 5.10 Å². The maximum Gasteiger partial charge on any atom is 0.291 e. The van der Waals surface area contributed by atoms with Crippen molar-refractivity contribution in [1.82, 2.24) is 29.9 Å². The summed E-state index contributed by atoms with van der Waals surface area (Å²) in [4.78, 5) is 14.9. The quantitative estimate of drug-likeness (QED) is 0.916. The summed E-state index contributed by atoms with van der Waals surface area (Å²) >= 11 is 0. The van der Waals surface area contributed by atoms with Crippen LogP contribution in [0.3, 0.4) is 0 Å². The minimum absolute atomic E-state index is 0.0230. The van der Waals surface area contributed by atoms with Gasteiger partial charge in [0.15, 0.2) is 0 Å². The Morgan fingerprint density at radius 2 is 2.13 bits per heavy atom. The minimum Gasteiger partial charge on any atom is -0.335 e. The third kappa shape index (κ3) is 2.75. The van der Waals surface area contributed by atoms with Crippen LogP contribution in [-0.4, -0.2) is 48.9 Å². The highest BCUT2D eigenvalue weighted by molar-refractivity contribution is 5.90. The molecule has 7 nitrogen and oxygen atoms in total. The van der Waals surface area contributed by atoms with Gasteiger partial charge in [-0.15, -0.1) is 10.2 Å². The summed E-state index contributed by atoms with van der Waals surface area (Å²) in [5.74, 6) is 1.84. The van der Waals surface area contributed by atoms with Gasteiger partial charge < -0.3 is 9.47 Å². The van der Waals surface area contributed by atoms with Crippen molar-refractivity contribution in [3.8, 4) is 0 Å². The highest BCUT2D eigenvalue weighted by Crippen LogP contribution is 2.26. The molecule has 4 heterocycles. The van der Waals surface area contributed by atoms with Crippen molar-refractivity contribution >= 4 is 5.91 Å². The van der Waals surface area contributed by atoms with Crippen LogP contribution >= 0.6 is 0 Å². The number of hydrogen-bond donors (Lipinski definition) is 1. The summed E-state index contributed by atoms with van der Waals surface area (Å²) < 4.78 is 2.04. The van der Waals surface area contributed by atoms with Gasteiger partial charge in [-0.1, -0.05) is 6.42 Å². The second-order valence-electron chi connectivity index (χ2n) is 6.50. The molecule has 0 saturated carbocycles. The van der Waals surface area contributed by atoms with Crippen LogP contribution < -0.4 is 0 Å². The number of H-pyrrole nitrogens is 1. The standard InChI is InChI=1S/C16H22N6O/c23-16(15-20-19-14-6-2-1-3-10-22(14)15)21-9-4-5-12(11-21)13-7-8-17-18-13/h7-8,12H,1-6,9-11H2,(H,17,18). The van der Waals surface area contributed by atoms with Crippen molar-refractivity contribution in [3.05, 3.63) is 29.6 Å². The summed E-state index contributed by atoms with van der Waals surface area (Å²) in [6, 6.07) is 2.00. The lowest BCUT2D eigenvalue weighted by molar-refractivity contribution is 0.0687. The summed E-state index contributed by atoms with van der Waals surface area (Å²) in [5, 5.41) is 15.5. The number of piperidine rings is 1. The lowest BCUT2D eigenvalue weighted by atomic mass is 9.95. The van der Waals surface area contributed by atoms with E-state index in [0.717, 1.165) is 63.3 Å². The molecule has 4 rings (SSSR count). The van der Waals surface area contributed by atoms with Gasteiger partial charge in [0.2, 0.25) is 5.82 Å². The first kappa shape index (κ1) is 14.4. The van der Waals surface area contributed by atoms with Gasteiger partial charge in [-0.25, -0.2) is 0 Å². The Labute approximate surface area is 135 Å². The number of nitrogens with zero attached hydrogens (tertiary/aromatic N) is 5. The highest BCUT2D eigenvalue weighted by Gasteiger charge is 2.30. The Bertz CT molecular complexity index is 677. The number of nitrogens with one attached hydrogen (secondary N) is 1. The average molecular weight is 314 g/mol. The van der Waals surface area contributed by atoms with Gasteiger partial charge in [0.05, 0.1) is 0 Å². The molecule has 1 atom stereocenters. The largest absolute Gasteiger partial charge is 0.335 e. The molecule has 122 valence electrons. The van der Waals surface area contributed by atoms with E-state index in [1.165, 1.54) is 6.42 Å². The second-order valence-corrected chi connectivity index (χ2v) is 6.50. The molecule has 2 aliphatic heterocycles. The third-order valence-corrected chi connectivity index (χ3v) is 4.97. The normalized spacial score (nSPS) is 21.7. The Morgan fingerprint density at radius 1 is 1.17 bits per heavy atom. The molecule has 2 aromatic rings. The molecule has 0 bridgehead atoms. The van der Waals surface area contributed by atoms with Crippen LogP contribution in [0.15, 0.2) is 12.3 Å². The summed E-state index contributed by atoms with van der Waals surface area (Å²) in [5.41, 5.74) is 1.11. The summed E-state index contributed by atoms with van der Waals surface area (Å²) in [7, 11) is 0. The molecule has 23 heavy (non-hydrogen) atoms. The number of fused-ring (bicyclic) bond motifs is 1. The maximum atomic E-state index is 12.9. The van der Waals surface area contributed by atoms with Crippen LogP contribution in [0.4, 0.5) is 0 Å². The number of hydrogen-bond acceptors (Lipinski definition) is 4. The van der Waals surface area contributed by atoms with Crippen molar-refractivity contribution in [3.63, 3.8) is 0 Å². The van der Waals surface area contributed by atoms with Crippen LogP contribution in [0, 0.1) is 0 Å². The van der Waals surface area contributed by atoms with Gasteiger partial charge in [0, 0.05) is 43.9 Å². The number of likely N-dealkylation sites (tertiary alicyclic amines) is 1. The zero-order chi connectivity index (χ0) is 15.6. The predicted octanol–water partition coefficient (Wildman–Crippen LogP) is 1.75. The average Bonchev–Trinajstić information content (AvgIpc) is 3.20. The maximum absolute atomic E-state index is 12.9. The first-order chi connectivity index (χ1) is 11.3. The molecule has 1 unspecified atom stereocenters. The molecule has 7 heteroatoms. The molecule has 2 aliphatic rings. The Balaban J connectivity index is 1.54. The second kappa shape index (κ2) is 6.14. The number of rotatable bonds is 2. The molecule has 0 aliphatic carbocycles. The van der Waals surface area contributed by atoms with E-state index in [-0.39, 0.29) is 5.91 Å². The van der Waals surface area contributed by atoms with Crippen LogP contribution in [0.1, 0.15) is 60.2 Å². The number of amides is 1. The van der Waals surface area contributed by atoms with Gasteiger partial charge in [-0.05, 0) is 31.7 Å². The van der Waals surface area contributed by atoms with Gasteiger partial charge in [0.25, 0.3) is 5.91 Å². The topological polar surface area (TPSA) is 79.7 Å². The first-order valence-corrected chi connectivity index (χ1v) is 8.53. The molecule has 1 amide bonds. The van der Waals surface area contributed by atoms with E-state index in [4.69, 9.17) is 0 Å². The van der Waals surface area contributed by atoms with E-state index in [2.05, 4.69) is 20.4 Å². The third-order valence-electron chi connectivity index (χ3n) is 4.97. The van der Waals surface area contributed by atoms with Crippen molar-refractivity contribution in [2.75, 3.05) is 13.1 Å². The van der Waals surface area contributed by atoms with E-state index in [9.17, 15) is 4.79 Å². The molecule has 0 spiro atoms. The molecule has 0 radical (unpaired) electrons. The molecule has 2 aromatic heterocycles. The SMILES string of the molecule is O=C(c1nnc2n1CCCCC2)N1CCCC(c2ccn[nH]2)C1. The van der Waals surface area contributed by atoms with Crippen molar-refractivity contribution in [2.45, 2.75) is 51.0 Å². The van der Waals surface area contributed by atoms with E-state index in [0.29, 0.717) is 11.7 Å². The van der Waals surface area contributed by atoms with Crippen LogP contribution in [-0.2, 0) is 13.0 Å². The molecule has 0 aromatic carbocycles. The predicted molar refractivity (Wildman–Crippen MR) is 84.0 cm³/mol. The van der Waals surface area contributed by atoms with Crippen LogP contribution in [0.5, 0.6) is 0 Å². The number of aromatic nitrogens is 5. The van der Waals surface area contributed by atoms with E-state index >= 15 is 0 Å². The molecule has 1 saturated heterocycles. The Morgan fingerprint density at radius 3 is 3.00 bits per heavy atom. The molecular weight excluding hydrogens is 292 g/mol. The Kier molecular flexibility index (Phi) is 3.85. The lowest BCUT2D eigenvalue weighted by Crippen LogP contribution is -2.40. The van der Waals surface area contributed by atoms with Crippen molar-refractivity contribution in [2.24, 2.45) is 0 Å². The summed E-state index contributed by atoms with van der Waals surface area (Å²) in [6.45, 7) is 2.39. The van der Waals surface area contributed by atoms with Crippen molar-refractivity contribution < 1.29 is 4.79 Å². The number of carbonyl (C=O) groups excluding carboxylic acids is 1. The van der Waals surface area contributed by atoms with Gasteiger partial charge >= 0.3 is 0 Å². The van der Waals surface area contributed by atoms with E-state index in [1.54, 1.807) is 6.20 Å². The van der Waals surface area contributed by atoms with Crippen LogP contribution in [0.25, 0.3) is 0 Å². The molecular formula is C16H22N6O. The fourth-order valence-corrected chi connectivity index (χ4v) is 3.69. The zero-order valence-electron chi connectivity index (χ0n) is 13.2. The first-order valence-electron chi connectivity index (χ1n) is 8.53.